The Morgan fingerprint density at radius 3 is 2.61 bits per heavy atom. The number of aromatic hydroxyl groups is 1. The van der Waals surface area contributed by atoms with Crippen LogP contribution in [0.4, 0.5) is 0 Å². The lowest BCUT2D eigenvalue weighted by atomic mass is 9.99. The highest BCUT2D eigenvalue weighted by Gasteiger charge is 2.10. The topological polar surface area (TPSA) is 63.3 Å². The average Bonchev–Trinajstić information content (AvgIpc) is 2.34. The zero-order valence-electron chi connectivity index (χ0n) is 9.56. The Bertz CT molecular complexity index is 596. The highest BCUT2D eigenvalue weighted by atomic mass is 35.5. The lowest BCUT2D eigenvalue weighted by molar-refractivity contribution is 0.0999. The Kier molecular flexibility index (Phi) is 3.53. The van der Waals surface area contributed by atoms with Crippen LogP contribution in [0.3, 0.4) is 0 Å². The van der Waals surface area contributed by atoms with Crippen molar-refractivity contribution < 1.29 is 9.90 Å². The molecule has 0 aliphatic heterocycles. The molecule has 3 nitrogen and oxygen atoms in total. The standard InChI is InChI=1S/C14H12ClNO2/c15-11-5-6-13(17)10(8-11)7-9-3-1-2-4-12(9)14(16)18/h1-6,8,17H,7H2,(H2,16,18). The van der Waals surface area contributed by atoms with Crippen LogP contribution in [0.5, 0.6) is 5.75 Å². The molecule has 0 fully saturated rings. The summed E-state index contributed by atoms with van der Waals surface area (Å²) in [7, 11) is 0. The van der Waals surface area contributed by atoms with Crippen LogP contribution in [0, 0.1) is 0 Å². The molecule has 2 aromatic carbocycles. The van der Waals surface area contributed by atoms with Crippen molar-refractivity contribution in [2.24, 2.45) is 5.73 Å². The van der Waals surface area contributed by atoms with E-state index in [1.807, 2.05) is 6.07 Å². The number of rotatable bonds is 3. The molecule has 0 aliphatic carbocycles. The molecule has 0 aliphatic rings. The molecule has 4 heteroatoms. The summed E-state index contributed by atoms with van der Waals surface area (Å²) < 4.78 is 0. The summed E-state index contributed by atoms with van der Waals surface area (Å²) in [6.07, 6.45) is 0.408. The largest absolute Gasteiger partial charge is 0.508 e. The maximum atomic E-state index is 11.3. The number of phenols is 1. The first-order valence-corrected chi connectivity index (χ1v) is 5.81. The number of phenolic OH excluding ortho intramolecular Hbond substituents is 1. The molecule has 0 radical (unpaired) electrons. The summed E-state index contributed by atoms with van der Waals surface area (Å²) in [6, 6.07) is 11.9. The fourth-order valence-corrected chi connectivity index (χ4v) is 2.01. The minimum absolute atomic E-state index is 0.152. The molecule has 92 valence electrons. The van der Waals surface area contributed by atoms with Crippen LogP contribution < -0.4 is 5.73 Å². The van der Waals surface area contributed by atoms with Gasteiger partial charge in [-0.1, -0.05) is 29.8 Å². The Labute approximate surface area is 110 Å². The van der Waals surface area contributed by atoms with E-state index in [1.165, 1.54) is 6.07 Å². The molecule has 0 atom stereocenters. The van der Waals surface area contributed by atoms with Gasteiger partial charge in [-0.15, -0.1) is 0 Å². The summed E-state index contributed by atoms with van der Waals surface area (Å²) in [5.41, 5.74) is 7.19. The number of halogens is 1. The van der Waals surface area contributed by atoms with E-state index in [0.717, 1.165) is 5.56 Å². The van der Waals surface area contributed by atoms with Crippen molar-refractivity contribution in [3.8, 4) is 5.75 Å². The van der Waals surface area contributed by atoms with Crippen molar-refractivity contribution in [3.63, 3.8) is 0 Å². The highest BCUT2D eigenvalue weighted by Crippen LogP contribution is 2.25. The molecule has 0 saturated heterocycles. The summed E-state index contributed by atoms with van der Waals surface area (Å²) in [6.45, 7) is 0. The molecule has 3 N–H and O–H groups in total. The maximum Gasteiger partial charge on any atom is 0.248 e. The molecule has 0 aromatic heterocycles. The van der Waals surface area contributed by atoms with Gasteiger partial charge < -0.3 is 10.8 Å². The first kappa shape index (κ1) is 12.5. The van der Waals surface area contributed by atoms with Gasteiger partial charge in [0.1, 0.15) is 5.75 Å². The molecule has 0 saturated carbocycles. The maximum absolute atomic E-state index is 11.3. The number of nitrogens with two attached hydrogens (primary N) is 1. The summed E-state index contributed by atoms with van der Waals surface area (Å²) in [5.74, 6) is -0.328. The van der Waals surface area contributed by atoms with E-state index in [1.54, 1.807) is 30.3 Å². The van der Waals surface area contributed by atoms with Gasteiger partial charge in [0.15, 0.2) is 0 Å². The molecule has 0 bridgehead atoms. The lowest BCUT2D eigenvalue weighted by Gasteiger charge is -2.08. The van der Waals surface area contributed by atoms with Crippen molar-refractivity contribution >= 4 is 17.5 Å². The third kappa shape index (κ3) is 2.63. The van der Waals surface area contributed by atoms with Gasteiger partial charge in [-0.2, -0.15) is 0 Å². The van der Waals surface area contributed by atoms with Crippen LogP contribution in [0.2, 0.25) is 5.02 Å². The van der Waals surface area contributed by atoms with Crippen LogP contribution in [0.1, 0.15) is 21.5 Å². The van der Waals surface area contributed by atoms with Gasteiger partial charge in [0.2, 0.25) is 5.91 Å². The molecule has 1 amide bonds. The molecular formula is C14H12ClNO2. The highest BCUT2D eigenvalue weighted by molar-refractivity contribution is 6.30. The third-order valence-electron chi connectivity index (χ3n) is 2.71. The number of primary amides is 1. The second-order valence-electron chi connectivity index (χ2n) is 3.97. The van der Waals surface area contributed by atoms with Crippen molar-refractivity contribution in [2.45, 2.75) is 6.42 Å². The smallest absolute Gasteiger partial charge is 0.248 e. The van der Waals surface area contributed by atoms with Crippen LogP contribution in [0.15, 0.2) is 42.5 Å². The number of benzene rings is 2. The van der Waals surface area contributed by atoms with Crippen LogP contribution in [-0.2, 0) is 6.42 Å². The molecular weight excluding hydrogens is 250 g/mol. The Hall–Kier alpha value is -2.00. The zero-order chi connectivity index (χ0) is 13.1. The van der Waals surface area contributed by atoms with Crippen molar-refractivity contribution in [2.75, 3.05) is 0 Å². The monoisotopic (exact) mass is 261 g/mol. The Morgan fingerprint density at radius 2 is 1.89 bits per heavy atom. The molecule has 0 spiro atoms. The van der Waals surface area contributed by atoms with E-state index >= 15 is 0 Å². The predicted molar refractivity (Wildman–Crippen MR) is 70.9 cm³/mol. The van der Waals surface area contributed by atoms with Gasteiger partial charge in [0.05, 0.1) is 0 Å². The summed E-state index contributed by atoms with van der Waals surface area (Å²) in [4.78, 5) is 11.3. The quantitative estimate of drug-likeness (QED) is 0.892. The number of amides is 1. The van der Waals surface area contributed by atoms with E-state index < -0.39 is 5.91 Å². The molecule has 0 unspecified atom stereocenters. The van der Waals surface area contributed by atoms with Crippen LogP contribution >= 0.6 is 11.6 Å². The van der Waals surface area contributed by atoms with Gasteiger partial charge in [0.25, 0.3) is 0 Å². The summed E-state index contributed by atoms with van der Waals surface area (Å²) >= 11 is 5.88. The molecule has 18 heavy (non-hydrogen) atoms. The lowest BCUT2D eigenvalue weighted by Crippen LogP contribution is -2.13. The van der Waals surface area contributed by atoms with Gasteiger partial charge in [-0.3, -0.25) is 4.79 Å². The Balaban J connectivity index is 2.40. The van der Waals surface area contributed by atoms with E-state index in [-0.39, 0.29) is 5.75 Å². The van der Waals surface area contributed by atoms with Crippen molar-refractivity contribution in [1.29, 1.82) is 0 Å². The normalized spacial score (nSPS) is 10.3. The number of hydrogen-bond donors (Lipinski definition) is 2. The van der Waals surface area contributed by atoms with Crippen LogP contribution in [-0.4, -0.2) is 11.0 Å². The minimum atomic E-state index is -0.480. The van der Waals surface area contributed by atoms with E-state index in [0.29, 0.717) is 22.6 Å². The van der Waals surface area contributed by atoms with Crippen molar-refractivity contribution in [1.82, 2.24) is 0 Å². The Morgan fingerprint density at radius 1 is 1.17 bits per heavy atom. The SMILES string of the molecule is NC(=O)c1ccccc1Cc1cc(Cl)ccc1O. The molecule has 0 heterocycles. The van der Waals surface area contributed by atoms with Crippen LogP contribution in [0.25, 0.3) is 0 Å². The first-order chi connectivity index (χ1) is 8.58. The second kappa shape index (κ2) is 5.10. The number of carbonyl (C=O) groups excluding carboxylic acids is 1. The van der Waals surface area contributed by atoms with E-state index in [4.69, 9.17) is 17.3 Å². The number of hydrogen-bond acceptors (Lipinski definition) is 2. The van der Waals surface area contributed by atoms with Gasteiger partial charge >= 0.3 is 0 Å². The second-order valence-corrected chi connectivity index (χ2v) is 4.41. The fourth-order valence-electron chi connectivity index (χ4n) is 1.82. The summed E-state index contributed by atoms with van der Waals surface area (Å²) in [5, 5.41) is 10.3. The van der Waals surface area contributed by atoms with Gasteiger partial charge in [-0.25, -0.2) is 0 Å². The predicted octanol–water partition coefficient (Wildman–Crippen LogP) is 2.74. The minimum Gasteiger partial charge on any atom is -0.508 e. The molecule has 2 rings (SSSR count). The van der Waals surface area contributed by atoms with E-state index in [2.05, 4.69) is 0 Å². The number of carbonyl (C=O) groups is 1. The van der Waals surface area contributed by atoms with Gasteiger partial charge in [0, 0.05) is 17.0 Å². The first-order valence-electron chi connectivity index (χ1n) is 5.43. The fraction of sp³-hybridized carbons (Fsp3) is 0.0714. The van der Waals surface area contributed by atoms with Gasteiger partial charge in [-0.05, 0) is 35.4 Å². The molecule has 2 aromatic rings. The zero-order valence-corrected chi connectivity index (χ0v) is 10.3. The van der Waals surface area contributed by atoms with E-state index in [9.17, 15) is 9.90 Å². The average molecular weight is 262 g/mol. The third-order valence-corrected chi connectivity index (χ3v) is 2.94. The van der Waals surface area contributed by atoms with Crippen molar-refractivity contribution in [3.05, 3.63) is 64.2 Å².